The maximum atomic E-state index is 5.29. The van der Waals surface area contributed by atoms with Crippen LogP contribution in [0.25, 0.3) is 0 Å². The summed E-state index contributed by atoms with van der Waals surface area (Å²) in [7, 11) is 3.46. The van der Waals surface area contributed by atoms with Gasteiger partial charge in [0.05, 0.1) is 0 Å². The molecule has 4 nitrogen and oxygen atoms in total. The number of hydrogen-bond donors (Lipinski definition) is 0. The molecule has 0 unspecified atom stereocenters. The van der Waals surface area contributed by atoms with Gasteiger partial charge in [-0.2, -0.15) is 0 Å². The summed E-state index contributed by atoms with van der Waals surface area (Å²) in [4.78, 5) is 0. The first-order valence-corrected chi connectivity index (χ1v) is 6.82. The lowest BCUT2D eigenvalue weighted by Crippen LogP contribution is -2.22. The van der Waals surface area contributed by atoms with Crippen LogP contribution in [0.5, 0.6) is 5.75 Å². The van der Waals surface area contributed by atoms with Crippen molar-refractivity contribution in [2.45, 2.75) is 6.04 Å². The fraction of sp³-hybridized carbons (Fsp3) is 0.455. The van der Waals surface area contributed by atoms with Gasteiger partial charge in [0.15, 0.2) is 6.79 Å². The average molecular weight is 242 g/mol. The van der Waals surface area contributed by atoms with Gasteiger partial charge in [-0.3, -0.25) is 0 Å². The highest BCUT2D eigenvalue weighted by Crippen LogP contribution is 2.13. The van der Waals surface area contributed by atoms with E-state index in [-0.39, 0.29) is 6.79 Å². The lowest BCUT2D eigenvalue weighted by molar-refractivity contribution is 0.0511. The van der Waals surface area contributed by atoms with E-state index in [1.165, 1.54) is 5.56 Å². The average Bonchev–Trinajstić information content (AvgIpc) is 2.35. The minimum atomic E-state index is -1.52. The van der Waals surface area contributed by atoms with Gasteiger partial charge in [-0.1, -0.05) is 12.1 Å². The smallest absolute Gasteiger partial charge is 0.325 e. The monoisotopic (exact) mass is 242 g/mol. The van der Waals surface area contributed by atoms with E-state index in [4.69, 9.17) is 18.3 Å². The summed E-state index contributed by atoms with van der Waals surface area (Å²) in [5, 5.41) is 0. The second-order valence-corrected chi connectivity index (χ2v) is 5.51. The quantitative estimate of drug-likeness (QED) is 0.533. The van der Waals surface area contributed by atoms with E-state index in [1.807, 2.05) is 24.3 Å². The number of ether oxygens (including phenoxy) is 2. The first kappa shape index (κ1) is 13.2. The van der Waals surface area contributed by atoms with Gasteiger partial charge < -0.3 is 18.3 Å². The topological polar surface area (TPSA) is 36.9 Å². The summed E-state index contributed by atoms with van der Waals surface area (Å²) in [6, 6.07) is 8.74. The lowest BCUT2D eigenvalue weighted by atomic mass is 10.2. The second-order valence-electron chi connectivity index (χ2n) is 3.30. The van der Waals surface area contributed by atoms with Crippen molar-refractivity contribution in [1.29, 1.82) is 0 Å². The van der Waals surface area contributed by atoms with E-state index in [2.05, 4.69) is 0 Å². The summed E-state index contributed by atoms with van der Waals surface area (Å²) in [5.41, 5.74) is 1.20. The Bertz CT molecular complexity index is 285. The molecule has 16 heavy (non-hydrogen) atoms. The molecular formula is C11H18O4Si. The van der Waals surface area contributed by atoms with Crippen molar-refractivity contribution < 1.29 is 18.3 Å². The van der Waals surface area contributed by atoms with Crippen molar-refractivity contribution in [3.63, 3.8) is 0 Å². The van der Waals surface area contributed by atoms with Crippen molar-refractivity contribution in [1.82, 2.24) is 0 Å². The zero-order chi connectivity index (χ0) is 11.8. The predicted molar refractivity (Wildman–Crippen MR) is 63.8 cm³/mol. The maximum Gasteiger partial charge on any atom is 0.325 e. The Kier molecular flexibility index (Phi) is 6.10. The molecule has 0 amide bonds. The molecule has 0 bridgehead atoms. The van der Waals surface area contributed by atoms with E-state index in [0.29, 0.717) is 0 Å². The van der Waals surface area contributed by atoms with Crippen LogP contribution in [0.15, 0.2) is 24.3 Å². The van der Waals surface area contributed by atoms with Gasteiger partial charge in [-0.05, 0) is 17.7 Å². The Morgan fingerprint density at radius 3 is 2.12 bits per heavy atom. The SMILES string of the molecule is COCOc1ccc(C[SiH](OC)OC)cc1. The van der Waals surface area contributed by atoms with E-state index in [0.717, 1.165) is 11.8 Å². The zero-order valence-corrected chi connectivity index (χ0v) is 11.1. The summed E-state index contributed by atoms with van der Waals surface area (Å²) in [6.07, 6.45) is 0. The number of hydrogen-bond acceptors (Lipinski definition) is 4. The normalized spacial score (nSPS) is 10.8. The van der Waals surface area contributed by atoms with Crippen LogP contribution in [-0.2, 0) is 19.6 Å². The van der Waals surface area contributed by atoms with Crippen LogP contribution in [-0.4, -0.2) is 37.4 Å². The van der Waals surface area contributed by atoms with Crippen LogP contribution in [0.3, 0.4) is 0 Å². The molecule has 0 saturated heterocycles. The second kappa shape index (κ2) is 7.40. The number of benzene rings is 1. The fourth-order valence-corrected chi connectivity index (χ4v) is 2.49. The zero-order valence-electron chi connectivity index (χ0n) is 9.93. The molecule has 0 radical (unpaired) electrons. The Labute approximate surface area is 97.9 Å². The molecule has 0 heterocycles. The van der Waals surface area contributed by atoms with Crippen molar-refractivity contribution in [2.24, 2.45) is 0 Å². The van der Waals surface area contributed by atoms with Crippen LogP contribution in [0.2, 0.25) is 0 Å². The molecule has 0 spiro atoms. The molecule has 1 aromatic carbocycles. The van der Waals surface area contributed by atoms with E-state index >= 15 is 0 Å². The van der Waals surface area contributed by atoms with Gasteiger partial charge in [0.25, 0.3) is 0 Å². The van der Waals surface area contributed by atoms with Crippen molar-refractivity contribution >= 4 is 9.28 Å². The molecule has 0 aliphatic heterocycles. The molecule has 0 aliphatic carbocycles. The largest absolute Gasteiger partial charge is 0.468 e. The third kappa shape index (κ3) is 4.32. The standard InChI is InChI=1S/C11H18O4Si/c1-12-9-15-11-6-4-10(5-7-11)8-16(13-2)14-3/h4-7,16H,8-9H2,1-3H3. The van der Waals surface area contributed by atoms with Gasteiger partial charge in [0, 0.05) is 27.4 Å². The Morgan fingerprint density at radius 2 is 1.62 bits per heavy atom. The molecule has 5 heteroatoms. The van der Waals surface area contributed by atoms with Crippen molar-refractivity contribution in [2.75, 3.05) is 28.1 Å². The Hall–Kier alpha value is -0.883. The lowest BCUT2D eigenvalue weighted by Gasteiger charge is -2.11. The predicted octanol–water partition coefficient (Wildman–Crippen LogP) is 1.26. The molecule has 0 N–H and O–H groups in total. The minimum absolute atomic E-state index is 0.271. The molecule has 0 aromatic heterocycles. The van der Waals surface area contributed by atoms with Gasteiger partial charge in [-0.25, -0.2) is 0 Å². The highest BCUT2D eigenvalue weighted by molar-refractivity contribution is 6.43. The maximum absolute atomic E-state index is 5.29. The van der Waals surface area contributed by atoms with Crippen molar-refractivity contribution in [3.05, 3.63) is 29.8 Å². The molecule has 1 aromatic rings. The third-order valence-corrected chi connectivity index (χ3v) is 4.05. The van der Waals surface area contributed by atoms with E-state index in [1.54, 1.807) is 21.3 Å². The molecule has 0 aliphatic rings. The highest BCUT2D eigenvalue weighted by atomic mass is 28.3. The van der Waals surface area contributed by atoms with E-state index in [9.17, 15) is 0 Å². The van der Waals surface area contributed by atoms with Gasteiger partial charge in [0.1, 0.15) is 5.75 Å². The van der Waals surface area contributed by atoms with Gasteiger partial charge in [0.2, 0.25) is 0 Å². The minimum Gasteiger partial charge on any atom is -0.468 e. The van der Waals surface area contributed by atoms with Gasteiger partial charge in [-0.15, -0.1) is 0 Å². The molecule has 0 atom stereocenters. The fourth-order valence-electron chi connectivity index (χ4n) is 1.30. The van der Waals surface area contributed by atoms with Crippen LogP contribution < -0.4 is 4.74 Å². The van der Waals surface area contributed by atoms with Gasteiger partial charge >= 0.3 is 9.28 Å². The number of methoxy groups -OCH3 is 1. The molecule has 90 valence electrons. The molecular weight excluding hydrogens is 224 g/mol. The summed E-state index contributed by atoms with van der Waals surface area (Å²) in [5.74, 6) is 0.804. The summed E-state index contributed by atoms with van der Waals surface area (Å²) in [6.45, 7) is 0.271. The molecule has 0 fully saturated rings. The molecule has 1 rings (SSSR count). The molecule has 0 saturated carbocycles. The van der Waals surface area contributed by atoms with E-state index < -0.39 is 9.28 Å². The van der Waals surface area contributed by atoms with Crippen LogP contribution in [0.4, 0.5) is 0 Å². The Balaban J connectivity index is 2.50. The van der Waals surface area contributed by atoms with Crippen molar-refractivity contribution in [3.8, 4) is 5.75 Å². The van der Waals surface area contributed by atoms with Crippen LogP contribution in [0.1, 0.15) is 5.56 Å². The third-order valence-electron chi connectivity index (χ3n) is 2.19. The van der Waals surface area contributed by atoms with Crippen LogP contribution >= 0.6 is 0 Å². The summed E-state index contributed by atoms with van der Waals surface area (Å²) < 4.78 is 20.6. The first-order chi connectivity index (χ1) is 7.80. The Morgan fingerprint density at radius 1 is 1.00 bits per heavy atom. The highest BCUT2D eigenvalue weighted by Gasteiger charge is 2.10. The first-order valence-electron chi connectivity index (χ1n) is 5.06. The van der Waals surface area contributed by atoms with Crippen LogP contribution in [0, 0.1) is 0 Å². The summed E-state index contributed by atoms with van der Waals surface area (Å²) >= 11 is 0. The number of rotatable bonds is 7.